The van der Waals surface area contributed by atoms with Crippen LogP contribution >= 0.6 is 11.6 Å². The van der Waals surface area contributed by atoms with E-state index < -0.39 is 0 Å². The Morgan fingerprint density at radius 1 is 1.48 bits per heavy atom. The molecular formula is C15H17ClN4O. The van der Waals surface area contributed by atoms with E-state index in [1.807, 2.05) is 36.1 Å². The number of carbonyl (C=O) groups is 1. The molecule has 1 aromatic carbocycles. The summed E-state index contributed by atoms with van der Waals surface area (Å²) in [4.78, 5) is 18.3. The van der Waals surface area contributed by atoms with Crippen molar-refractivity contribution in [3.05, 3.63) is 34.9 Å². The normalized spacial score (nSPS) is 16.9. The van der Waals surface area contributed by atoms with Gasteiger partial charge in [0.15, 0.2) is 0 Å². The van der Waals surface area contributed by atoms with Gasteiger partial charge >= 0.3 is 0 Å². The molecule has 5 nitrogen and oxygen atoms in total. The topological polar surface area (TPSA) is 71.2 Å². The van der Waals surface area contributed by atoms with Gasteiger partial charge in [-0.1, -0.05) is 23.7 Å². The average molecular weight is 305 g/mol. The highest BCUT2D eigenvalue weighted by molar-refractivity contribution is 6.35. The number of amides is 1. The molecule has 6 heteroatoms. The molecule has 0 aliphatic carbocycles. The van der Waals surface area contributed by atoms with Gasteiger partial charge in [0, 0.05) is 30.1 Å². The Bertz CT molecular complexity index is 701. The lowest BCUT2D eigenvalue weighted by Gasteiger charge is -2.30. The van der Waals surface area contributed by atoms with E-state index in [1.54, 1.807) is 0 Å². The Labute approximate surface area is 128 Å². The van der Waals surface area contributed by atoms with Crippen LogP contribution in [0.5, 0.6) is 0 Å². The number of rotatable bonds is 2. The smallest absolute Gasteiger partial charge is 0.239 e. The number of nitrogens with two attached hydrogens (primary N) is 1. The third-order valence-corrected chi connectivity index (χ3v) is 3.94. The molecule has 21 heavy (non-hydrogen) atoms. The molecule has 3 rings (SSSR count). The van der Waals surface area contributed by atoms with E-state index in [9.17, 15) is 4.79 Å². The number of hydrogen-bond donors (Lipinski definition) is 2. The molecule has 1 amide bonds. The number of anilines is 1. The summed E-state index contributed by atoms with van der Waals surface area (Å²) in [5.41, 5.74) is 7.76. The number of fused-ring (bicyclic) bond motifs is 1. The molecule has 1 aliphatic heterocycles. The highest BCUT2D eigenvalue weighted by atomic mass is 35.5. The summed E-state index contributed by atoms with van der Waals surface area (Å²) in [5, 5.41) is 4.37. The number of nitrogens with one attached hydrogen (secondary N) is 1. The van der Waals surface area contributed by atoms with Gasteiger partial charge in [-0.15, -0.1) is 0 Å². The van der Waals surface area contributed by atoms with E-state index in [1.165, 1.54) is 0 Å². The van der Waals surface area contributed by atoms with Crippen molar-refractivity contribution in [3.8, 4) is 0 Å². The largest absolute Gasteiger partial charge is 0.353 e. The average Bonchev–Trinajstić information content (AvgIpc) is 2.46. The van der Waals surface area contributed by atoms with Crippen molar-refractivity contribution in [2.75, 3.05) is 24.5 Å². The maximum atomic E-state index is 11.6. The standard InChI is InChI=1S/C15H17ClN4O/c1-9(17)11-7-10-3-2-4-12(16)14(10)19-15(11)20-6-5-18-13(21)8-20/h2-4,7,9H,5-6,8,17H2,1H3,(H,18,21). The second-order valence-corrected chi connectivity index (χ2v) is 5.68. The number of piperazine rings is 1. The van der Waals surface area contributed by atoms with Crippen LogP contribution in [0.1, 0.15) is 18.5 Å². The van der Waals surface area contributed by atoms with Crippen molar-refractivity contribution in [1.29, 1.82) is 0 Å². The Balaban J connectivity index is 2.16. The van der Waals surface area contributed by atoms with Crippen LogP contribution in [0.15, 0.2) is 24.3 Å². The maximum absolute atomic E-state index is 11.6. The fraction of sp³-hybridized carbons (Fsp3) is 0.333. The summed E-state index contributed by atoms with van der Waals surface area (Å²) >= 11 is 6.24. The minimum atomic E-state index is -0.166. The summed E-state index contributed by atoms with van der Waals surface area (Å²) in [7, 11) is 0. The van der Waals surface area contributed by atoms with Crippen LogP contribution in [0, 0.1) is 0 Å². The molecule has 0 bridgehead atoms. The number of para-hydroxylation sites is 1. The first-order valence-electron chi connectivity index (χ1n) is 6.92. The van der Waals surface area contributed by atoms with Crippen LogP contribution in [0.2, 0.25) is 5.02 Å². The maximum Gasteiger partial charge on any atom is 0.239 e. The number of pyridine rings is 1. The van der Waals surface area contributed by atoms with Gasteiger partial charge in [-0.3, -0.25) is 4.79 Å². The highest BCUT2D eigenvalue weighted by Gasteiger charge is 2.22. The first-order chi connectivity index (χ1) is 10.1. The summed E-state index contributed by atoms with van der Waals surface area (Å²) in [6.45, 7) is 3.54. The van der Waals surface area contributed by atoms with Crippen LogP contribution < -0.4 is 16.0 Å². The molecule has 1 aliphatic rings. The Morgan fingerprint density at radius 3 is 3.00 bits per heavy atom. The quantitative estimate of drug-likeness (QED) is 0.888. The van der Waals surface area contributed by atoms with Crippen molar-refractivity contribution in [1.82, 2.24) is 10.3 Å². The lowest BCUT2D eigenvalue weighted by molar-refractivity contribution is -0.120. The second-order valence-electron chi connectivity index (χ2n) is 5.27. The minimum absolute atomic E-state index is 0.00192. The van der Waals surface area contributed by atoms with Crippen molar-refractivity contribution in [2.45, 2.75) is 13.0 Å². The van der Waals surface area contributed by atoms with Gasteiger partial charge in [-0.25, -0.2) is 4.98 Å². The Hall–Kier alpha value is -1.85. The Kier molecular flexibility index (Phi) is 3.69. The fourth-order valence-corrected chi connectivity index (χ4v) is 2.80. The predicted molar refractivity (Wildman–Crippen MR) is 84.6 cm³/mol. The van der Waals surface area contributed by atoms with Gasteiger partial charge in [-0.2, -0.15) is 0 Å². The van der Waals surface area contributed by atoms with Gasteiger partial charge in [0.2, 0.25) is 5.91 Å². The molecule has 1 unspecified atom stereocenters. The summed E-state index contributed by atoms with van der Waals surface area (Å²) < 4.78 is 0. The zero-order valence-electron chi connectivity index (χ0n) is 11.8. The van der Waals surface area contributed by atoms with Crippen molar-refractivity contribution in [2.24, 2.45) is 5.73 Å². The minimum Gasteiger partial charge on any atom is -0.353 e. The second kappa shape index (κ2) is 5.50. The number of benzene rings is 1. The van der Waals surface area contributed by atoms with E-state index in [2.05, 4.69) is 10.3 Å². The Morgan fingerprint density at radius 2 is 2.29 bits per heavy atom. The number of nitrogens with zero attached hydrogens (tertiary/aromatic N) is 2. The van der Waals surface area contributed by atoms with Crippen LogP contribution in [-0.4, -0.2) is 30.5 Å². The van der Waals surface area contributed by atoms with E-state index >= 15 is 0 Å². The molecule has 1 saturated heterocycles. The molecule has 0 radical (unpaired) electrons. The first-order valence-corrected chi connectivity index (χ1v) is 7.30. The monoisotopic (exact) mass is 304 g/mol. The van der Waals surface area contributed by atoms with Gasteiger partial charge in [-0.05, 0) is 19.1 Å². The molecule has 3 N–H and O–H groups in total. The molecule has 2 heterocycles. The number of hydrogen-bond acceptors (Lipinski definition) is 4. The highest BCUT2D eigenvalue weighted by Crippen LogP contribution is 2.30. The van der Waals surface area contributed by atoms with Crippen molar-refractivity contribution < 1.29 is 4.79 Å². The number of aromatic nitrogens is 1. The predicted octanol–water partition coefficient (Wildman–Crippen LogP) is 1.84. The molecule has 1 fully saturated rings. The summed E-state index contributed by atoms with van der Waals surface area (Å²) in [5.74, 6) is 0.749. The zero-order valence-corrected chi connectivity index (χ0v) is 12.5. The molecule has 1 aromatic heterocycles. The molecule has 110 valence electrons. The van der Waals surface area contributed by atoms with E-state index in [0.717, 1.165) is 22.3 Å². The summed E-state index contributed by atoms with van der Waals surface area (Å²) in [6.07, 6.45) is 0. The van der Waals surface area contributed by atoms with Crippen LogP contribution in [-0.2, 0) is 4.79 Å². The van der Waals surface area contributed by atoms with Gasteiger partial charge in [0.1, 0.15) is 5.82 Å². The van der Waals surface area contributed by atoms with E-state index in [-0.39, 0.29) is 11.9 Å². The van der Waals surface area contributed by atoms with Gasteiger partial charge in [0.25, 0.3) is 0 Å². The SMILES string of the molecule is CC(N)c1cc2cccc(Cl)c2nc1N1CCNC(=O)C1. The van der Waals surface area contributed by atoms with E-state index in [4.69, 9.17) is 17.3 Å². The zero-order chi connectivity index (χ0) is 15.0. The first kappa shape index (κ1) is 14.1. The third-order valence-electron chi connectivity index (χ3n) is 3.63. The summed E-state index contributed by atoms with van der Waals surface area (Å²) in [6, 6.07) is 7.52. The molecule has 2 aromatic rings. The molecule has 0 spiro atoms. The molecule has 1 atom stereocenters. The lowest BCUT2D eigenvalue weighted by Crippen LogP contribution is -2.48. The van der Waals surface area contributed by atoms with Crippen molar-refractivity contribution >= 4 is 34.2 Å². The number of halogens is 1. The third kappa shape index (κ3) is 2.66. The van der Waals surface area contributed by atoms with Gasteiger partial charge < -0.3 is 16.0 Å². The number of carbonyl (C=O) groups excluding carboxylic acids is 1. The van der Waals surface area contributed by atoms with Crippen LogP contribution in [0.3, 0.4) is 0 Å². The van der Waals surface area contributed by atoms with Crippen LogP contribution in [0.25, 0.3) is 10.9 Å². The molecule has 0 saturated carbocycles. The molecular weight excluding hydrogens is 288 g/mol. The fourth-order valence-electron chi connectivity index (χ4n) is 2.58. The van der Waals surface area contributed by atoms with E-state index in [0.29, 0.717) is 24.7 Å². The lowest BCUT2D eigenvalue weighted by atomic mass is 10.1. The van der Waals surface area contributed by atoms with Crippen LogP contribution in [0.4, 0.5) is 5.82 Å². The van der Waals surface area contributed by atoms with Crippen molar-refractivity contribution in [3.63, 3.8) is 0 Å². The van der Waals surface area contributed by atoms with Gasteiger partial charge in [0.05, 0.1) is 17.1 Å².